The Hall–Kier alpha value is -1.94. The lowest BCUT2D eigenvalue weighted by molar-refractivity contribution is 0.770. The van der Waals surface area contributed by atoms with E-state index in [2.05, 4.69) is 15.1 Å². The van der Waals surface area contributed by atoms with Gasteiger partial charge in [0, 0.05) is 24.8 Å². The smallest absolute Gasteiger partial charge is 0.161 e. The summed E-state index contributed by atoms with van der Waals surface area (Å²) in [5, 5.41) is 5.79. The van der Waals surface area contributed by atoms with Gasteiger partial charge in [0.05, 0.1) is 10.7 Å². The highest BCUT2D eigenvalue weighted by Crippen LogP contribution is 2.25. The first-order valence-electron chi connectivity index (χ1n) is 5.15. The van der Waals surface area contributed by atoms with Crippen molar-refractivity contribution in [3.8, 4) is 11.4 Å². The predicted octanol–water partition coefficient (Wildman–Crippen LogP) is 2.68. The van der Waals surface area contributed by atoms with Crippen molar-refractivity contribution in [2.75, 3.05) is 0 Å². The molecule has 0 amide bonds. The van der Waals surface area contributed by atoms with Gasteiger partial charge < -0.3 is 0 Å². The molecular formula is C12H9ClN4. The summed E-state index contributed by atoms with van der Waals surface area (Å²) in [4.78, 5) is 8.65. The van der Waals surface area contributed by atoms with Crippen LogP contribution in [-0.2, 0) is 7.05 Å². The van der Waals surface area contributed by atoms with E-state index in [-0.39, 0.29) is 0 Å². The number of halogens is 1. The molecule has 0 aliphatic rings. The zero-order valence-corrected chi connectivity index (χ0v) is 9.89. The molecule has 0 unspecified atom stereocenters. The molecule has 0 atom stereocenters. The van der Waals surface area contributed by atoms with Crippen LogP contribution in [0.3, 0.4) is 0 Å². The van der Waals surface area contributed by atoms with Crippen LogP contribution in [0.25, 0.3) is 22.4 Å². The number of aryl methyl sites for hydroxylation is 1. The number of nitrogens with zero attached hydrogens (tertiary/aromatic N) is 4. The minimum atomic E-state index is 0.639. The minimum absolute atomic E-state index is 0.639. The quantitative estimate of drug-likeness (QED) is 0.661. The number of aromatic nitrogens is 4. The van der Waals surface area contributed by atoms with E-state index in [9.17, 15) is 0 Å². The number of pyridine rings is 2. The first kappa shape index (κ1) is 10.2. The molecule has 4 nitrogen and oxygen atoms in total. The maximum absolute atomic E-state index is 6.20. The Balaban J connectivity index is 2.25. The third-order valence-corrected chi connectivity index (χ3v) is 2.82. The van der Waals surface area contributed by atoms with Gasteiger partial charge in [0.15, 0.2) is 5.65 Å². The molecule has 0 fully saturated rings. The van der Waals surface area contributed by atoms with Crippen molar-refractivity contribution in [2.24, 2.45) is 7.05 Å². The maximum Gasteiger partial charge on any atom is 0.161 e. The van der Waals surface area contributed by atoms with Crippen LogP contribution in [0.15, 0.2) is 36.7 Å². The van der Waals surface area contributed by atoms with Crippen molar-refractivity contribution >= 4 is 22.6 Å². The Bertz CT molecular complexity index is 690. The van der Waals surface area contributed by atoms with E-state index in [1.807, 2.05) is 37.5 Å². The van der Waals surface area contributed by atoms with E-state index in [0.29, 0.717) is 10.7 Å². The highest BCUT2D eigenvalue weighted by atomic mass is 35.5. The summed E-state index contributed by atoms with van der Waals surface area (Å²) in [5.74, 6) is 0. The summed E-state index contributed by atoms with van der Waals surface area (Å²) < 4.78 is 1.73. The van der Waals surface area contributed by atoms with Crippen molar-refractivity contribution in [3.63, 3.8) is 0 Å². The average Bonchev–Trinajstić information content (AvgIpc) is 2.76. The molecule has 0 radical (unpaired) electrons. The fraction of sp³-hybridized carbons (Fsp3) is 0.0833. The van der Waals surface area contributed by atoms with Crippen molar-refractivity contribution in [3.05, 3.63) is 41.7 Å². The van der Waals surface area contributed by atoms with Crippen LogP contribution in [0.4, 0.5) is 0 Å². The normalized spacial score (nSPS) is 10.9. The summed E-state index contributed by atoms with van der Waals surface area (Å²) in [5.41, 5.74) is 2.17. The average molecular weight is 245 g/mol. The van der Waals surface area contributed by atoms with E-state index in [0.717, 1.165) is 16.8 Å². The highest BCUT2D eigenvalue weighted by Gasteiger charge is 2.08. The molecule has 84 valence electrons. The maximum atomic E-state index is 6.20. The standard InChI is InChI=1S/C12H9ClN4/c1-17-6-4-10(16-17)11-7-9(13)8-3-2-5-14-12(8)15-11/h2-7H,1H3. The summed E-state index contributed by atoms with van der Waals surface area (Å²) in [6.07, 6.45) is 3.57. The van der Waals surface area contributed by atoms with Gasteiger partial charge in [-0.15, -0.1) is 0 Å². The van der Waals surface area contributed by atoms with Gasteiger partial charge in [-0.25, -0.2) is 9.97 Å². The molecule has 0 N–H and O–H groups in total. The molecule has 3 rings (SSSR count). The predicted molar refractivity (Wildman–Crippen MR) is 66.8 cm³/mol. The van der Waals surface area contributed by atoms with Crippen LogP contribution in [0.2, 0.25) is 5.02 Å². The monoisotopic (exact) mass is 244 g/mol. The topological polar surface area (TPSA) is 43.6 Å². The number of hydrogen-bond acceptors (Lipinski definition) is 3. The number of fused-ring (bicyclic) bond motifs is 1. The first-order valence-corrected chi connectivity index (χ1v) is 5.53. The molecule has 3 aromatic heterocycles. The van der Waals surface area contributed by atoms with Crippen molar-refractivity contribution in [1.82, 2.24) is 19.7 Å². The molecule has 17 heavy (non-hydrogen) atoms. The van der Waals surface area contributed by atoms with Crippen LogP contribution in [0.1, 0.15) is 0 Å². The largest absolute Gasteiger partial charge is 0.275 e. The zero-order valence-electron chi connectivity index (χ0n) is 9.13. The van der Waals surface area contributed by atoms with Crippen molar-refractivity contribution < 1.29 is 0 Å². The molecule has 0 spiro atoms. The number of hydrogen-bond donors (Lipinski definition) is 0. The van der Waals surface area contributed by atoms with Crippen LogP contribution in [0, 0.1) is 0 Å². The van der Waals surface area contributed by atoms with Crippen LogP contribution in [-0.4, -0.2) is 19.7 Å². The molecule has 0 aliphatic carbocycles. The SMILES string of the molecule is Cn1ccc(-c2cc(Cl)c3cccnc3n2)n1. The summed E-state index contributed by atoms with van der Waals surface area (Å²) >= 11 is 6.20. The molecule has 0 saturated heterocycles. The van der Waals surface area contributed by atoms with Gasteiger partial charge in [-0.2, -0.15) is 5.10 Å². The van der Waals surface area contributed by atoms with Crippen LogP contribution in [0.5, 0.6) is 0 Å². The van der Waals surface area contributed by atoms with Gasteiger partial charge in [0.25, 0.3) is 0 Å². The molecule has 0 bridgehead atoms. The van der Waals surface area contributed by atoms with Crippen LogP contribution >= 0.6 is 11.6 Å². The van der Waals surface area contributed by atoms with Crippen molar-refractivity contribution in [2.45, 2.75) is 0 Å². The fourth-order valence-electron chi connectivity index (χ4n) is 1.70. The lowest BCUT2D eigenvalue weighted by Crippen LogP contribution is -1.91. The van der Waals surface area contributed by atoms with Gasteiger partial charge in [0.1, 0.15) is 5.69 Å². The Morgan fingerprint density at radius 1 is 1.24 bits per heavy atom. The Morgan fingerprint density at radius 3 is 2.88 bits per heavy atom. The van der Waals surface area contributed by atoms with Gasteiger partial charge in [-0.1, -0.05) is 11.6 Å². The van der Waals surface area contributed by atoms with Gasteiger partial charge in [0.2, 0.25) is 0 Å². The second kappa shape index (κ2) is 3.82. The molecular weight excluding hydrogens is 236 g/mol. The molecule has 5 heteroatoms. The Morgan fingerprint density at radius 2 is 2.12 bits per heavy atom. The minimum Gasteiger partial charge on any atom is -0.275 e. The number of rotatable bonds is 1. The molecule has 0 saturated carbocycles. The van der Waals surface area contributed by atoms with Gasteiger partial charge in [-0.05, 0) is 24.3 Å². The second-order valence-corrected chi connectivity index (χ2v) is 4.15. The first-order chi connectivity index (χ1) is 8.24. The van der Waals surface area contributed by atoms with E-state index in [1.54, 1.807) is 10.9 Å². The van der Waals surface area contributed by atoms with Crippen LogP contribution < -0.4 is 0 Å². The lowest BCUT2D eigenvalue weighted by Gasteiger charge is -2.01. The third-order valence-electron chi connectivity index (χ3n) is 2.51. The zero-order chi connectivity index (χ0) is 11.8. The Labute approximate surface area is 103 Å². The van der Waals surface area contributed by atoms with Gasteiger partial charge >= 0.3 is 0 Å². The molecule has 0 aliphatic heterocycles. The molecule has 3 heterocycles. The highest BCUT2D eigenvalue weighted by molar-refractivity contribution is 6.35. The summed E-state index contributed by atoms with van der Waals surface area (Å²) in [6, 6.07) is 7.46. The third kappa shape index (κ3) is 1.76. The molecule has 0 aromatic carbocycles. The van der Waals surface area contributed by atoms with E-state index >= 15 is 0 Å². The summed E-state index contributed by atoms with van der Waals surface area (Å²) in [7, 11) is 1.87. The molecule has 3 aromatic rings. The van der Waals surface area contributed by atoms with E-state index in [4.69, 9.17) is 11.6 Å². The van der Waals surface area contributed by atoms with Gasteiger partial charge in [-0.3, -0.25) is 4.68 Å². The fourth-order valence-corrected chi connectivity index (χ4v) is 1.95. The Kier molecular flexibility index (Phi) is 2.30. The van der Waals surface area contributed by atoms with E-state index in [1.165, 1.54) is 0 Å². The van der Waals surface area contributed by atoms with E-state index < -0.39 is 0 Å². The van der Waals surface area contributed by atoms with Crippen molar-refractivity contribution in [1.29, 1.82) is 0 Å². The lowest BCUT2D eigenvalue weighted by atomic mass is 10.2. The second-order valence-electron chi connectivity index (χ2n) is 3.74. The summed E-state index contributed by atoms with van der Waals surface area (Å²) in [6.45, 7) is 0.